The molecule has 1 heterocycles. The maximum atomic E-state index is 8.91. The Morgan fingerprint density at radius 1 is 1.16 bits per heavy atom. The van der Waals surface area contributed by atoms with Crippen LogP contribution < -0.4 is 15.5 Å². The first kappa shape index (κ1) is 15.0. The minimum Gasteiger partial charge on any atom is -0.352 e. The zero-order valence-corrected chi connectivity index (χ0v) is 12.1. The summed E-state index contributed by atoms with van der Waals surface area (Å²) >= 11 is 0. The van der Waals surface area contributed by atoms with Gasteiger partial charge >= 0.3 is 0 Å². The number of aromatic nitrogens is 3. The molecule has 0 aliphatic carbocycles. The van der Waals surface area contributed by atoms with Crippen LogP contribution in [0.25, 0.3) is 0 Å². The fraction of sp³-hybridized carbons (Fsp3) is 0.667. The first-order valence-electron chi connectivity index (χ1n) is 6.38. The number of anilines is 3. The van der Waals surface area contributed by atoms with E-state index < -0.39 is 0 Å². The molecule has 0 spiro atoms. The first-order valence-corrected chi connectivity index (χ1v) is 6.38. The van der Waals surface area contributed by atoms with Crippen LogP contribution in [0.3, 0.4) is 0 Å². The Kier molecular flexibility index (Phi) is 5.30. The van der Waals surface area contributed by atoms with Gasteiger partial charge < -0.3 is 10.6 Å². The van der Waals surface area contributed by atoms with Crippen molar-refractivity contribution in [2.45, 2.75) is 46.2 Å². The van der Waals surface area contributed by atoms with Crippen molar-refractivity contribution < 1.29 is 0 Å². The summed E-state index contributed by atoms with van der Waals surface area (Å²) in [7, 11) is 1.61. The lowest BCUT2D eigenvalue weighted by Crippen LogP contribution is -2.21. The average Bonchev–Trinajstić information content (AvgIpc) is 2.36. The van der Waals surface area contributed by atoms with Crippen molar-refractivity contribution in [2.24, 2.45) is 0 Å². The molecule has 0 saturated heterocycles. The summed E-state index contributed by atoms with van der Waals surface area (Å²) in [5, 5.41) is 15.2. The van der Waals surface area contributed by atoms with Crippen LogP contribution in [0.5, 0.6) is 0 Å². The van der Waals surface area contributed by atoms with E-state index in [4.69, 9.17) is 5.26 Å². The number of hydrogen-bond acceptors (Lipinski definition) is 7. The summed E-state index contributed by atoms with van der Waals surface area (Å²) < 4.78 is 0. The molecule has 7 heteroatoms. The minimum absolute atomic E-state index is 0.207. The Balaban J connectivity index is 3.05. The highest BCUT2D eigenvalue weighted by Gasteiger charge is 2.11. The van der Waals surface area contributed by atoms with E-state index in [0.29, 0.717) is 17.8 Å². The van der Waals surface area contributed by atoms with Gasteiger partial charge in [0.05, 0.1) is 0 Å². The van der Waals surface area contributed by atoms with E-state index in [1.807, 2.05) is 27.0 Å². The molecule has 1 atom stereocenters. The molecule has 0 saturated carbocycles. The maximum Gasteiger partial charge on any atom is 0.245 e. The lowest BCUT2D eigenvalue weighted by atomic mass is 10.3. The summed E-state index contributed by atoms with van der Waals surface area (Å²) in [5.74, 6) is 1.27. The number of nitrogens with zero attached hydrogens (tertiary/aromatic N) is 5. The van der Waals surface area contributed by atoms with Gasteiger partial charge in [0, 0.05) is 19.1 Å². The van der Waals surface area contributed by atoms with Gasteiger partial charge in [-0.15, -0.1) is 0 Å². The summed E-state index contributed by atoms with van der Waals surface area (Å²) in [4.78, 5) is 14.0. The molecule has 1 aromatic heterocycles. The van der Waals surface area contributed by atoms with Gasteiger partial charge in [-0.3, -0.25) is 4.90 Å². The molecule has 1 aromatic rings. The third-order valence-corrected chi connectivity index (χ3v) is 2.48. The minimum atomic E-state index is 0.207. The second-order valence-corrected chi connectivity index (χ2v) is 4.69. The van der Waals surface area contributed by atoms with E-state index in [2.05, 4.69) is 32.5 Å². The Morgan fingerprint density at radius 2 is 1.74 bits per heavy atom. The van der Waals surface area contributed by atoms with E-state index >= 15 is 0 Å². The Labute approximate surface area is 114 Å². The monoisotopic (exact) mass is 263 g/mol. The van der Waals surface area contributed by atoms with Crippen LogP contribution in [-0.2, 0) is 0 Å². The number of nitrogens with one attached hydrogen (secondary N) is 2. The smallest absolute Gasteiger partial charge is 0.245 e. The van der Waals surface area contributed by atoms with Crippen LogP contribution in [0, 0.1) is 11.5 Å². The van der Waals surface area contributed by atoms with Gasteiger partial charge in [0.15, 0.2) is 6.19 Å². The predicted octanol–water partition coefficient (Wildman–Crippen LogP) is 1.82. The molecule has 104 valence electrons. The highest BCUT2D eigenvalue weighted by Crippen LogP contribution is 2.13. The number of hydrogen-bond donors (Lipinski definition) is 2. The second-order valence-electron chi connectivity index (χ2n) is 4.69. The molecule has 0 bridgehead atoms. The number of rotatable bonds is 6. The molecule has 2 N–H and O–H groups in total. The van der Waals surface area contributed by atoms with E-state index in [9.17, 15) is 0 Å². The molecule has 0 aromatic carbocycles. The van der Waals surface area contributed by atoms with Crippen molar-refractivity contribution in [3.8, 4) is 6.19 Å². The van der Waals surface area contributed by atoms with E-state index in [0.717, 1.165) is 6.42 Å². The van der Waals surface area contributed by atoms with Crippen molar-refractivity contribution in [1.29, 1.82) is 5.26 Å². The Bertz CT molecular complexity index is 452. The zero-order valence-electron chi connectivity index (χ0n) is 12.1. The summed E-state index contributed by atoms with van der Waals surface area (Å²) in [6.07, 6.45) is 2.94. The number of nitriles is 1. The van der Waals surface area contributed by atoms with Crippen molar-refractivity contribution in [2.75, 3.05) is 22.6 Å². The third-order valence-electron chi connectivity index (χ3n) is 2.48. The maximum absolute atomic E-state index is 8.91. The normalized spacial score (nSPS) is 11.8. The lowest BCUT2D eigenvalue weighted by molar-refractivity contribution is 0.749. The molecule has 0 aliphatic heterocycles. The fourth-order valence-electron chi connectivity index (χ4n) is 1.27. The molecule has 1 rings (SSSR count). The van der Waals surface area contributed by atoms with Gasteiger partial charge in [-0.05, 0) is 27.2 Å². The second kappa shape index (κ2) is 6.73. The van der Waals surface area contributed by atoms with Gasteiger partial charge in [-0.1, -0.05) is 6.92 Å². The van der Waals surface area contributed by atoms with E-state index in [1.54, 1.807) is 7.05 Å². The summed E-state index contributed by atoms with van der Waals surface area (Å²) in [6, 6.07) is 0.466. The standard InChI is InChI=1S/C12H21N7/c1-6-9(4)15-11-16-10(14-8(2)3)17-12(18-11)19(5)7-13/h8-9H,6H2,1-5H3,(H2,14,15,16,17,18). The van der Waals surface area contributed by atoms with Gasteiger partial charge in [0.2, 0.25) is 17.8 Å². The van der Waals surface area contributed by atoms with Crippen LogP contribution in [0.1, 0.15) is 34.1 Å². The average molecular weight is 263 g/mol. The molecule has 1 unspecified atom stereocenters. The zero-order chi connectivity index (χ0) is 14.4. The third kappa shape index (κ3) is 4.58. The van der Waals surface area contributed by atoms with Gasteiger partial charge in [-0.2, -0.15) is 20.2 Å². The molecule has 0 aliphatic rings. The highest BCUT2D eigenvalue weighted by molar-refractivity contribution is 5.46. The molecule has 7 nitrogen and oxygen atoms in total. The summed E-state index contributed by atoms with van der Waals surface area (Å²) in [6.45, 7) is 8.12. The highest BCUT2D eigenvalue weighted by atomic mass is 15.3. The van der Waals surface area contributed by atoms with Crippen molar-refractivity contribution in [1.82, 2.24) is 15.0 Å². The molecular formula is C12H21N7. The van der Waals surface area contributed by atoms with Crippen LogP contribution in [0.15, 0.2) is 0 Å². The largest absolute Gasteiger partial charge is 0.352 e. The van der Waals surface area contributed by atoms with Crippen LogP contribution >= 0.6 is 0 Å². The van der Waals surface area contributed by atoms with Gasteiger partial charge in [0.1, 0.15) is 0 Å². The summed E-state index contributed by atoms with van der Waals surface area (Å²) in [5.41, 5.74) is 0. The van der Waals surface area contributed by atoms with Crippen LogP contribution in [-0.4, -0.2) is 34.1 Å². The molecule has 0 radical (unpaired) electrons. The van der Waals surface area contributed by atoms with Crippen LogP contribution in [0.2, 0.25) is 0 Å². The van der Waals surface area contributed by atoms with E-state index in [-0.39, 0.29) is 12.1 Å². The molecular weight excluding hydrogens is 242 g/mol. The molecule has 0 fully saturated rings. The topological polar surface area (TPSA) is 89.8 Å². The quantitative estimate of drug-likeness (QED) is 0.597. The SMILES string of the molecule is CCC(C)Nc1nc(NC(C)C)nc(N(C)C#N)n1. The van der Waals surface area contributed by atoms with Crippen molar-refractivity contribution in [3.05, 3.63) is 0 Å². The van der Waals surface area contributed by atoms with Gasteiger partial charge in [0.25, 0.3) is 0 Å². The van der Waals surface area contributed by atoms with E-state index in [1.165, 1.54) is 4.90 Å². The molecule has 0 amide bonds. The predicted molar refractivity (Wildman–Crippen MR) is 76.0 cm³/mol. The van der Waals surface area contributed by atoms with Crippen molar-refractivity contribution in [3.63, 3.8) is 0 Å². The van der Waals surface area contributed by atoms with Crippen LogP contribution in [0.4, 0.5) is 17.8 Å². The van der Waals surface area contributed by atoms with Crippen molar-refractivity contribution >= 4 is 17.8 Å². The Hall–Kier alpha value is -2.10. The van der Waals surface area contributed by atoms with Gasteiger partial charge in [-0.25, -0.2) is 0 Å². The molecule has 19 heavy (non-hydrogen) atoms. The lowest BCUT2D eigenvalue weighted by Gasteiger charge is -2.16. The first-order chi connectivity index (χ1) is 8.96. The Morgan fingerprint density at radius 3 is 2.21 bits per heavy atom. The fourth-order valence-corrected chi connectivity index (χ4v) is 1.27.